The zero-order valence-corrected chi connectivity index (χ0v) is 12.8. The number of hydrogen-bond donors (Lipinski definition) is 1. The summed E-state index contributed by atoms with van der Waals surface area (Å²) in [4.78, 5) is 8.86. The van der Waals surface area contributed by atoms with Gasteiger partial charge in [-0.05, 0) is 45.4 Å². The molecule has 4 heteroatoms. The molecule has 0 spiro atoms. The number of imidazole rings is 1. The molecule has 0 bridgehead atoms. The first-order valence-corrected chi connectivity index (χ1v) is 7.01. The summed E-state index contributed by atoms with van der Waals surface area (Å²) in [5.41, 5.74) is 3.56. The van der Waals surface area contributed by atoms with Crippen LogP contribution in [-0.4, -0.2) is 19.6 Å². The van der Waals surface area contributed by atoms with Crippen molar-refractivity contribution in [2.45, 2.75) is 33.2 Å². The van der Waals surface area contributed by atoms with Gasteiger partial charge in [-0.15, -0.1) is 0 Å². The monoisotopic (exact) mass is 281 g/mol. The van der Waals surface area contributed by atoms with Crippen LogP contribution in [0.4, 0.5) is 0 Å². The second kappa shape index (κ2) is 4.58. The van der Waals surface area contributed by atoms with E-state index in [1.807, 2.05) is 25.1 Å². The molecule has 0 saturated carbocycles. The van der Waals surface area contributed by atoms with Crippen LogP contribution in [0.5, 0.6) is 5.75 Å². The topological polar surface area (TPSA) is 50.9 Å². The zero-order valence-electron chi connectivity index (χ0n) is 12.8. The van der Waals surface area contributed by atoms with Crippen LogP contribution in [0, 0.1) is 6.92 Å². The van der Waals surface area contributed by atoms with Crippen LogP contribution >= 0.6 is 0 Å². The first-order chi connectivity index (χ1) is 9.88. The lowest BCUT2D eigenvalue weighted by Crippen LogP contribution is -2.22. The third-order valence-electron chi connectivity index (χ3n) is 3.59. The number of aryl methyl sites for hydroxylation is 1. The van der Waals surface area contributed by atoms with Crippen molar-refractivity contribution in [1.82, 2.24) is 14.5 Å². The van der Waals surface area contributed by atoms with E-state index < -0.39 is 0 Å². The van der Waals surface area contributed by atoms with Crippen LogP contribution in [0.1, 0.15) is 26.3 Å². The average Bonchev–Trinajstić information content (AvgIpc) is 2.81. The van der Waals surface area contributed by atoms with E-state index in [0.717, 1.165) is 28.0 Å². The number of nitrogens with zero attached hydrogens (tertiary/aromatic N) is 3. The number of phenols is 1. The van der Waals surface area contributed by atoms with E-state index >= 15 is 0 Å². The lowest BCUT2D eigenvalue weighted by molar-refractivity contribution is 0.413. The molecule has 0 saturated heterocycles. The molecule has 3 aromatic rings. The van der Waals surface area contributed by atoms with Gasteiger partial charge in [-0.2, -0.15) is 0 Å². The molecular weight excluding hydrogens is 262 g/mol. The number of pyridine rings is 1. The molecule has 4 nitrogen and oxygen atoms in total. The Balaban J connectivity index is 2.33. The number of aromatic hydroxyl groups is 1. The molecule has 0 aliphatic heterocycles. The highest BCUT2D eigenvalue weighted by Gasteiger charge is 2.22. The van der Waals surface area contributed by atoms with Crippen LogP contribution in [0.15, 0.2) is 36.7 Å². The smallest absolute Gasteiger partial charge is 0.141 e. The van der Waals surface area contributed by atoms with Crippen LogP contribution < -0.4 is 0 Å². The summed E-state index contributed by atoms with van der Waals surface area (Å²) < 4.78 is 2.19. The van der Waals surface area contributed by atoms with E-state index in [4.69, 9.17) is 4.98 Å². The minimum absolute atomic E-state index is 0.119. The molecule has 0 radical (unpaired) electrons. The van der Waals surface area contributed by atoms with Gasteiger partial charge in [-0.1, -0.05) is 12.1 Å². The average molecular weight is 281 g/mol. The number of rotatable bonds is 1. The van der Waals surface area contributed by atoms with Gasteiger partial charge in [-0.3, -0.25) is 4.98 Å². The zero-order chi connectivity index (χ0) is 15.2. The van der Waals surface area contributed by atoms with Gasteiger partial charge < -0.3 is 9.67 Å². The molecule has 21 heavy (non-hydrogen) atoms. The second-order valence-electron chi connectivity index (χ2n) is 6.31. The number of hydrogen-bond acceptors (Lipinski definition) is 3. The predicted octanol–water partition coefficient (Wildman–Crippen LogP) is 3.87. The molecular formula is C17H19N3O. The van der Waals surface area contributed by atoms with Crippen molar-refractivity contribution in [2.75, 3.05) is 0 Å². The molecule has 2 aromatic heterocycles. The van der Waals surface area contributed by atoms with Crippen LogP contribution in [0.2, 0.25) is 0 Å². The summed E-state index contributed by atoms with van der Waals surface area (Å²) >= 11 is 0. The molecule has 1 aromatic carbocycles. The van der Waals surface area contributed by atoms with E-state index in [2.05, 4.69) is 30.3 Å². The molecule has 0 aliphatic rings. The number of phenolic OH excluding ortho intramolecular Hbond substituents is 1. The summed E-state index contributed by atoms with van der Waals surface area (Å²) in [6, 6.07) is 7.65. The first-order valence-electron chi connectivity index (χ1n) is 7.01. The summed E-state index contributed by atoms with van der Waals surface area (Å²) in [7, 11) is 0. The van der Waals surface area contributed by atoms with Gasteiger partial charge in [0.15, 0.2) is 0 Å². The van der Waals surface area contributed by atoms with Gasteiger partial charge in [0.25, 0.3) is 0 Å². The standard InChI is InChI=1S/C17H19N3O/c1-11-5-6-12(9-15(11)21)16-19-13-10-18-8-7-14(13)20(16)17(2,3)4/h5-10,21H,1-4H3. The van der Waals surface area contributed by atoms with Crippen molar-refractivity contribution in [3.8, 4) is 17.1 Å². The third kappa shape index (κ3) is 2.27. The van der Waals surface area contributed by atoms with Gasteiger partial charge in [0, 0.05) is 17.3 Å². The molecule has 0 aliphatic carbocycles. The Morgan fingerprint density at radius 2 is 1.90 bits per heavy atom. The Bertz CT molecular complexity index is 813. The van der Waals surface area contributed by atoms with E-state index in [-0.39, 0.29) is 11.3 Å². The Morgan fingerprint density at radius 3 is 2.57 bits per heavy atom. The molecule has 0 unspecified atom stereocenters. The van der Waals surface area contributed by atoms with Crippen molar-refractivity contribution < 1.29 is 5.11 Å². The number of aromatic nitrogens is 3. The minimum atomic E-state index is -0.119. The first kappa shape index (κ1) is 13.6. The predicted molar refractivity (Wildman–Crippen MR) is 84.4 cm³/mol. The molecule has 0 amide bonds. The van der Waals surface area contributed by atoms with Crippen molar-refractivity contribution in [3.63, 3.8) is 0 Å². The minimum Gasteiger partial charge on any atom is -0.508 e. The highest BCUT2D eigenvalue weighted by atomic mass is 16.3. The van der Waals surface area contributed by atoms with Gasteiger partial charge in [0.1, 0.15) is 17.1 Å². The van der Waals surface area contributed by atoms with Crippen molar-refractivity contribution in [3.05, 3.63) is 42.2 Å². The van der Waals surface area contributed by atoms with Gasteiger partial charge in [0.2, 0.25) is 0 Å². The number of fused-ring (bicyclic) bond motifs is 1. The van der Waals surface area contributed by atoms with Gasteiger partial charge >= 0.3 is 0 Å². The molecule has 108 valence electrons. The molecule has 3 rings (SSSR count). The summed E-state index contributed by atoms with van der Waals surface area (Å²) in [5.74, 6) is 1.14. The van der Waals surface area contributed by atoms with Gasteiger partial charge in [0.05, 0.1) is 11.7 Å². The van der Waals surface area contributed by atoms with Crippen molar-refractivity contribution in [1.29, 1.82) is 0 Å². The Kier molecular flexibility index (Phi) is 2.97. The molecule has 2 heterocycles. The van der Waals surface area contributed by atoms with Crippen molar-refractivity contribution in [2.24, 2.45) is 0 Å². The maximum absolute atomic E-state index is 9.98. The Morgan fingerprint density at radius 1 is 1.14 bits per heavy atom. The quantitative estimate of drug-likeness (QED) is 0.736. The van der Waals surface area contributed by atoms with Crippen LogP contribution in [0.3, 0.4) is 0 Å². The largest absolute Gasteiger partial charge is 0.508 e. The Labute approximate surface area is 124 Å². The van der Waals surface area contributed by atoms with E-state index in [1.165, 1.54) is 0 Å². The molecule has 1 N–H and O–H groups in total. The SMILES string of the molecule is Cc1ccc(-c2nc3cnccc3n2C(C)(C)C)cc1O. The van der Waals surface area contributed by atoms with E-state index in [1.54, 1.807) is 18.5 Å². The lowest BCUT2D eigenvalue weighted by Gasteiger charge is -2.24. The fraction of sp³-hybridized carbons (Fsp3) is 0.294. The fourth-order valence-corrected chi connectivity index (χ4v) is 2.55. The summed E-state index contributed by atoms with van der Waals surface area (Å²) in [5, 5.41) is 9.98. The maximum atomic E-state index is 9.98. The summed E-state index contributed by atoms with van der Waals surface area (Å²) in [6.07, 6.45) is 3.55. The molecule has 0 atom stereocenters. The third-order valence-corrected chi connectivity index (χ3v) is 3.59. The molecule has 0 fully saturated rings. The highest BCUT2D eigenvalue weighted by Crippen LogP contribution is 2.32. The fourth-order valence-electron chi connectivity index (χ4n) is 2.55. The van der Waals surface area contributed by atoms with Gasteiger partial charge in [-0.25, -0.2) is 4.98 Å². The second-order valence-corrected chi connectivity index (χ2v) is 6.31. The maximum Gasteiger partial charge on any atom is 0.141 e. The van der Waals surface area contributed by atoms with Crippen molar-refractivity contribution >= 4 is 11.0 Å². The van der Waals surface area contributed by atoms with E-state index in [0.29, 0.717) is 0 Å². The van der Waals surface area contributed by atoms with E-state index in [9.17, 15) is 5.11 Å². The lowest BCUT2D eigenvalue weighted by atomic mass is 10.1. The number of benzene rings is 1. The normalized spacial score (nSPS) is 12.0. The summed E-state index contributed by atoms with van der Waals surface area (Å²) in [6.45, 7) is 8.32. The van der Waals surface area contributed by atoms with Crippen LogP contribution in [-0.2, 0) is 5.54 Å². The Hall–Kier alpha value is -2.36. The highest BCUT2D eigenvalue weighted by molar-refractivity contribution is 5.80. The van der Waals surface area contributed by atoms with Crippen LogP contribution in [0.25, 0.3) is 22.4 Å².